The number of para-hydroxylation sites is 3. The van der Waals surface area contributed by atoms with E-state index in [4.69, 9.17) is 23.8 Å². The molecule has 0 radical (unpaired) electrons. The fourth-order valence-corrected chi connectivity index (χ4v) is 8.38. The lowest BCUT2D eigenvalue weighted by atomic mass is 10.0. The number of rotatable bonds is 5. The first-order valence-electron chi connectivity index (χ1n) is 19.0. The molecule has 12 rings (SSSR count). The number of aromatic nitrogens is 4. The maximum atomic E-state index is 6.60. The van der Waals surface area contributed by atoms with Crippen LogP contribution in [0.2, 0.25) is 0 Å². The minimum absolute atomic E-state index is 0.559. The van der Waals surface area contributed by atoms with Crippen LogP contribution >= 0.6 is 0 Å². The van der Waals surface area contributed by atoms with Gasteiger partial charge in [0.25, 0.3) is 0 Å². The summed E-state index contributed by atoms with van der Waals surface area (Å²) in [6.07, 6.45) is 0. The zero-order chi connectivity index (χ0) is 37.5. The van der Waals surface area contributed by atoms with Crippen molar-refractivity contribution >= 4 is 65.7 Å². The van der Waals surface area contributed by atoms with E-state index >= 15 is 0 Å². The van der Waals surface area contributed by atoms with Gasteiger partial charge >= 0.3 is 0 Å². The number of fused-ring (bicyclic) bond motifs is 9. The third-order valence-corrected chi connectivity index (χ3v) is 11.1. The predicted molar refractivity (Wildman–Crippen MR) is 230 cm³/mol. The van der Waals surface area contributed by atoms with E-state index in [1.807, 2.05) is 60.7 Å². The Morgan fingerprint density at radius 2 is 0.877 bits per heavy atom. The normalized spacial score (nSPS) is 11.9. The summed E-state index contributed by atoms with van der Waals surface area (Å²) in [5, 5.41) is 6.65. The number of hydrogen-bond acceptors (Lipinski definition) is 5. The maximum absolute atomic E-state index is 6.60. The summed E-state index contributed by atoms with van der Waals surface area (Å²) in [6, 6.07) is 62.7. The molecule has 57 heavy (non-hydrogen) atoms. The second-order valence-corrected chi connectivity index (χ2v) is 14.4. The summed E-state index contributed by atoms with van der Waals surface area (Å²) in [5.41, 5.74) is 11.4. The van der Waals surface area contributed by atoms with Gasteiger partial charge in [0.15, 0.2) is 17.5 Å². The molecule has 6 nitrogen and oxygen atoms in total. The monoisotopic (exact) mass is 730 g/mol. The smallest absolute Gasteiger partial charge is 0.164 e. The van der Waals surface area contributed by atoms with Crippen LogP contribution in [0.4, 0.5) is 0 Å². The molecule has 4 heterocycles. The highest BCUT2D eigenvalue weighted by molar-refractivity contribution is 6.12. The lowest BCUT2D eigenvalue weighted by Gasteiger charge is -2.08. The fraction of sp³-hybridized carbons (Fsp3) is 0. The molecule has 0 aliphatic rings. The van der Waals surface area contributed by atoms with Gasteiger partial charge < -0.3 is 13.4 Å². The molecule has 4 aromatic heterocycles. The predicted octanol–water partition coefficient (Wildman–Crippen LogP) is 13.4. The van der Waals surface area contributed by atoms with E-state index in [2.05, 4.69) is 126 Å². The van der Waals surface area contributed by atoms with Gasteiger partial charge in [0.1, 0.15) is 22.3 Å². The summed E-state index contributed by atoms with van der Waals surface area (Å²) >= 11 is 0. The van der Waals surface area contributed by atoms with Gasteiger partial charge in [-0.15, -0.1) is 0 Å². The molecule has 0 unspecified atom stereocenters. The van der Waals surface area contributed by atoms with Crippen LogP contribution in [0.15, 0.2) is 191 Å². The molecule has 0 saturated heterocycles. The first-order valence-corrected chi connectivity index (χ1v) is 19.0. The number of furan rings is 2. The van der Waals surface area contributed by atoms with Crippen LogP contribution in [0.5, 0.6) is 0 Å². The molecule has 0 N–H and O–H groups in total. The molecule has 0 atom stereocenters. The molecular weight excluding hydrogens is 701 g/mol. The van der Waals surface area contributed by atoms with Crippen molar-refractivity contribution in [2.24, 2.45) is 0 Å². The third kappa shape index (κ3) is 5.01. The van der Waals surface area contributed by atoms with Crippen molar-refractivity contribution in [1.82, 2.24) is 19.5 Å². The molecule has 0 bridgehead atoms. The van der Waals surface area contributed by atoms with Crippen LogP contribution in [0.3, 0.4) is 0 Å². The highest BCUT2D eigenvalue weighted by Gasteiger charge is 2.19. The zero-order valence-electron chi connectivity index (χ0n) is 30.4. The molecule has 0 saturated carbocycles. The number of nitrogens with zero attached hydrogens (tertiary/aromatic N) is 4. The van der Waals surface area contributed by atoms with E-state index in [0.717, 1.165) is 77.4 Å². The van der Waals surface area contributed by atoms with Gasteiger partial charge in [-0.05, 0) is 60.2 Å². The molecule has 12 aromatic rings. The average Bonchev–Trinajstić information content (AvgIpc) is 3.95. The summed E-state index contributed by atoms with van der Waals surface area (Å²) in [5.74, 6) is 1.71. The van der Waals surface area contributed by atoms with Crippen molar-refractivity contribution in [3.63, 3.8) is 0 Å². The topological polar surface area (TPSA) is 69.9 Å². The van der Waals surface area contributed by atoms with Gasteiger partial charge in [0, 0.05) is 60.3 Å². The molecule has 8 aromatic carbocycles. The van der Waals surface area contributed by atoms with Crippen molar-refractivity contribution in [1.29, 1.82) is 0 Å². The van der Waals surface area contributed by atoms with Crippen LogP contribution in [0.25, 0.3) is 117 Å². The molecule has 0 fully saturated rings. The quantitative estimate of drug-likeness (QED) is 0.176. The molecule has 6 heteroatoms. The standard InChI is InChI=1S/C51H30N4O2/c1-3-12-31(13-4-1)36-18-11-19-41-39-25-22-34(29-47(39)57-48(36)41)51-53-49(32-14-5-2-6-15-32)52-50(54-51)33-23-26-40-42-30-35(24-27-45(42)56-46(40)28-33)55-43-20-9-7-16-37(43)38-17-8-10-21-44(38)55/h1-30H. The molecule has 0 aliphatic heterocycles. The highest BCUT2D eigenvalue weighted by atomic mass is 16.3. The lowest BCUT2D eigenvalue weighted by Crippen LogP contribution is -2.00. The van der Waals surface area contributed by atoms with Gasteiger partial charge in [-0.1, -0.05) is 127 Å². The van der Waals surface area contributed by atoms with Crippen molar-refractivity contribution in [2.45, 2.75) is 0 Å². The number of hydrogen-bond donors (Lipinski definition) is 0. The molecule has 266 valence electrons. The SMILES string of the molecule is c1ccc(-c2nc(-c3ccc4c(c3)oc3ccc(-n5c6ccccc6c6ccccc65)cc34)nc(-c3ccc4c(c3)oc3c(-c5ccccc5)cccc34)n2)cc1. The highest BCUT2D eigenvalue weighted by Crippen LogP contribution is 2.39. The Hall–Kier alpha value is -7.83. The summed E-state index contributed by atoms with van der Waals surface area (Å²) < 4.78 is 15.4. The van der Waals surface area contributed by atoms with Crippen molar-refractivity contribution in [3.05, 3.63) is 182 Å². The van der Waals surface area contributed by atoms with Crippen molar-refractivity contribution in [3.8, 4) is 51.0 Å². The Labute approximate surface area is 325 Å². The second kappa shape index (κ2) is 12.3. The van der Waals surface area contributed by atoms with Gasteiger partial charge in [0.2, 0.25) is 0 Å². The largest absolute Gasteiger partial charge is 0.456 e. The third-order valence-electron chi connectivity index (χ3n) is 11.1. The second-order valence-electron chi connectivity index (χ2n) is 14.4. The fourth-order valence-electron chi connectivity index (χ4n) is 8.38. The van der Waals surface area contributed by atoms with Gasteiger partial charge in [-0.3, -0.25) is 0 Å². The van der Waals surface area contributed by atoms with Crippen molar-refractivity contribution < 1.29 is 8.83 Å². The Morgan fingerprint density at radius 1 is 0.333 bits per heavy atom. The maximum Gasteiger partial charge on any atom is 0.164 e. The van der Waals surface area contributed by atoms with E-state index in [-0.39, 0.29) is 0 Å². The molecular formula is C51H30N4O2. The molecule has 0 spiro atoms. The number of benzene rings is 8. The van der Waals surface area contributed by atoms with E-state index < -0.39 is 0 Å². The van der Waals surface area contributed by atoms with Crippen LogP contribution in [-0.4, -0.2) is 19.5 Å². The Kier molecular flexibility index (Phi) is 6.83. The van der Waals surface area contributed by atoms with E-state index in [1.165, 1.54) is 21.8 Å². The van der Waals surface area contributed by atoms with Crippen LogP contribution in [0, 0.1) is 0 Å². The Bertz CT molecular complexity index is 3470. The first kappa shape index (κ1) is 31.5. The van der Waals surface area contributed by atoms with Gasteiger partial charge in [0.05, 0.1) is 11.0 Å². The summed E-state index contributed by atoms with van der Waals surface area (Å²) in [4.78, 5) is 15.1. The van der Waals surface area contributed by atoms with E-state index in [1.54, 1.807) is 0 Å². The molecule has 0 aliphatic carbocycles. The van der Waals surface area contributed by atoms with Crippen LogP contribution in [-0.2, 0) is 0 Å². The first-order chi connectivity index (χ1) is 28.2. The van der Waals surface area contributed by atoms with E-state index in [0.29, 0.717) is 17.5 Å². The average molecular weight is 731 g/mol. The van der Waals surface area contributed by atoms with E-state index in [9.17, 15) is 0 Å². The minimum atomic E-state index is 0.559. The Morgan fingerprint density at radius 3 is 1.54 bits per heavy atom. The molecule has 0 amide bonds. The van der Waals surface area contributed by atoms with Crippen molar-refractivity contribution in [2.75, 3.05) is 0 Å². The Balaban J connectivity index is 0.986. The van der Waals surface area contributed by atoms with Crippen LogP contribution < -0.4 is 0 Å². The van der Waals surface area contributed by atoms with Gasteiger partial charge in [-0.2, -0.15) is 0 Å². The minimum Gasteiger partial charge on any atom is -0.456 e. The van der Waals surface area contributed by atoms with Gasteiger partial charge in [-0.25, -0.2) is 15.0 Å². The summed E-state index contributed by atoms with van der Waals surface area (Å²) in [6.45, 7) is 0. The zero-order valence-corrected chi connectivity index (χ0v) is 30.4. The summed E-state index contributed by atoms with van der Waals surface area (Å²) in [7, 11) is 0. The lowest BCUT2D eigenvalue weighted by molar-refractivity contribution is 0.669. The van der Waals surface area contributed by atoms with Crippen LogP contribution in [0.1, 0.15) is 0 Å².